The van der Waals surface area contributed by atoms with Crippen LogP contribution in [-0.2, 0) is 0 Å². The van der Waals surface area contributed by atoms with E-state index in [0.29, 0.717) is 18.4 Å². The Bertz CT molecular complexity index is 99.4. The number of thioether (sulfide) groups is 1. The molecule has 0 aromatic heterocycles. The lowest BCUT2D eigenvalue weighted by Crippen LogP contribution is -2.33. The van der Waals surface area contributed by atoms with Gasteiger partial charge in [0.1, 0.15) is 0 Å². The molecule has 0 amide bonds. The Kier molecular flexibility index (Phi) is 3.05. The molecule has 1 atom stereocenters. The van der Waals surface area contributed by atoms with Gasteiger partial charge in [-0.05, 0) is 29.3 Å². The molecule has 0 aromatic carbocycles. The van der Waals surface area contributed by atoms with Crippen molar-refractivity contribution in [2.24, 2.45) is 17.8 Å². The molecule has 1 unspecified atom stereocenters. The molecule has 2 heteroatoms. The second-order valence-corrected chi connectivity index (χ2v) is 4.46. The van der Waals surface area contributed by atoms with Crippen molar-refractivity contribution in [3.63, 3.8) is 0 Å². The first-order valence-electron chi connectivity index (χ1n) is 3.94. The molecule has 1 saturated heterocycles. The Labute approximate surface area is 67.2 Å². The van der Waals surface area contributed by atoms with Gasteiger partial charge in [-0.3, -0.25) is 0 Å². The molecule has 60 valence electrons. The van der Waals surface area contributed by atoms with Crippen molar-refractivity contribution in [3.05, 3.63) is 0 Å². The third-order valence-electron chi connectivity index (χ3n) is 2.34. The van der Waals surface area contributed by atoms with E-state index in [1.54, 1.807) is 0 Å². The highest BCUT2D eigenvalue weighted by Crippen LogP contribution is 2.34. The van der Waals surface area contributed by atoms with Crippen LogP contribution in [0.4, 0.5) is 0 Å². The molecule has 0 radical (unpaired) electrons. The summed E-state index contributed by atoms with van der Waals surface area (Å²) in [6, 6.07) is 0. The number of hydrogen-bond acceptors (Lipinski definition) is 2. The summed E-state index contributed by atoms with van der Waals surface area (Å²) < 4.78 is 0. The van der Waals surface area contributed by atoms with Crippen LogP contribution in [-0.4, -0.2) is 23.2 Å². The standard InChI is InChI=1S/C8H16OS/c1-6(2)8(3-9)7-4-10-5-7/h6-9H,3-5H2,1-2H3. The van der Waals surface area contributed by atoms with E-state index in [9.17, 15) is 0 Å². The molecule has 0 saturated carbocycles. The van der Waals surface area contributed by atoms with Crippen LogP contribution in [0.15, 0.2) is 0 Å². The Hall–Kier alpha value is 0.310. The number of hydrogen-bond donors (Lipinski definition) is 1. The molecule has 1 heterocycles. The minimum Gasteiger partial charge on any atom is -0.396 e. The summed E-state index contributed by atoms with van der Waals surface area (Å²) in [5.41, 5.74) is 0. The molecule has 0 spiro atoms. The molecular weight excluding hydrogens is 144 g/mol. The molecule has 1 aliphatic heterocycles. The summed E-state index contributed by atoms with van der Waals surface area (Å²) in [4.78, 5) is 0. The van der Waals surface area contributed by atoms with Gasteiger partial charge in [0.25, 0.3) is 0 Å². The van der Waals surface area contributed by atoms with Gasteiger partial charge < -0.3 is 5.11 Å². The van der Waals surface area contributed by atoms with Crippen molar-refractivity contribution in [2.75, 3.05) is 18.1 Å². The monoisotopic (exact) mass is 160 g/mol. The minimum atomic E-state index is 0.378. The minimum absolute atomic E-state index is 0.378. The Morgan fingerprint density at radius 1 is 1.50 bits per heavy atom. The van der Waals surface area contributed by atoms with E-state index in [1.165, 1.54) is 11.5 Å². The Morgan fingerprint density at radius 2 is 2.10 bits per heavy atom. The maximum Gasteiger partial charge on any atom is 0.0464 e. The lowest BCUT2D eigenvalue weighted by atomic mass is 9.86. The van der Waals surface area contributed by atoms with Gasteiger partial charge in [0.05, 0.1) is 0 Å². The van der Waals surface area contributed by atoms with Crippen molar-refractivity contribution >= 4 is 11.8 Å². The predicted octanol–water partition coefficient (Wildman–Crippen LogP) is 1.61. The molecule has 10 heavy (non-hydrogen) atoms. The largest absolute Gasteiger partial charge is 0.396 e. The smallest absolute Gasteiger partial charge is 0.0464 e. The fourth-order valence-corrected chi connectivity index (χ4v) is 2.41. The van der Waals surface area contributed by atoms with Gasteiger partial charge in [0, 0.05) is 6.61 Å². The van der Waals surface area contributed by atoms with Gasteiger partial charge in [0.15, 0.2) is 0 Å². The number of aliphatic hydroxyl groups is 1. The number of rotatable bonds is 3. The Balaban J connectivity index is 2.31. The summed E-state index contributed by atoms with van der Waals surface area (Å²) in [6.45, 7) is 4.77. The first-order chi connectivity index (χ1) is 4.75. The van der Waals surface area contributed by atoms with E-state index in [0.717, 1.165) is 5.92 Å². The van der Waals surface area contributed by atoms with E-state index < -0.39 is 0 Å². The summed E-state index contributed by atoms with van der Waals surface area (Å²) in [5, 5.41) is 9.02. The van der Waals surface area contributed by atoms with Crippen molar-refractivity contribution in [2.45, 2.75) is 13.8 Å². The van der Waals surface area contributed by atoms with Crippen LogP contribution in [0.5, 0.6) is 0 Å². The molecule has 1 N–H and O–H groups in total. The molecule has 1 fully saturated rings. The predicted molar refractivity (Wildman–Crippen MR) is 46.2 cm³/mol. The van der Waals surface area contributed by atoms with Crippen LogP contribution in [0.3, 0.4) is 0 Å². The second-order valence-electron chi connectivity index (χ2n) is 3.39. The highest BCUT2D eigenvalue weighted by Gasteiger charge is 2.29. The number of aliphatic hydroxyl groups excluding tert-OH is 1. The molecule has 1 nitrogen and oxygen atoms in total. The molecule has 1 rings (SSSR count). The van der Waals surface area contributed by atoms with Crippen LogP contribution in [0, 0.1) is 17.8 Å². The first kappa shape index (κ1) is 8.41. The van der Waals surface area contributed by atoms with Crippen LogP contribution < -0.4 is 0 Å². The second kappa shape index (κ2) is 3.63. The fraction of sp³-hybridized carbons (Fsp3) is 1.00. The zero-order chi connectivity index (χ0) is 7.56. The SMILES string of the molecule is CC(C)C(CO)C1CSC1. The van der Waals surface area contributed by atoms with Crippen molar-refractivity contribution in [3.8, 4) is 0 Å². The maximum absolute atomic E-state index is 9.02. The van der Waals surface area contributed by atoms with E-state index in [-0.39, 0.29) is 0 Å². The zero-order valence-electron chi connectivity index (χ0n) is 6.71. The molecule has 0 bridgehead atoms. The maximum atomic E-state index is 9.02. The van der Waals surface area contributed by atoms with E-state index >= 15 is 0 Å². The van der Waals surface area contributed by atoms with Gasteiger partial charge >= 0.3 is 0 Å². The third-order valence-corrected chi connectivity index (χ3v) is 3.66. The summed E-state index contributed by atoms with van der Waals surface area (Å²) in [6.07, 6.45) is 0. The molecular formula is C8H16OS. The van der Waals surface area contributed by atoms with Crippen LogP contribution in [0.1, 0.15) is 13.8 Å². The van der Waals surface area contributed by atoms with Crippen molar-refractivity contribution in [1.29, 1.82) is 0 Å². The lowest BCUT2D eigenvalue weighted by molar-refractivity contribution is 0.149. The topological polar surface area (TPSA) is 20.2 Å². The summed E-state index contributed by atoms with van der Waals surface area (Å²) in [5.74, 6) is 4.54. The van der Waals surface area contributed by atoms with E-state index in [4.69, 9.17) is 5.11 Å². The third kappa shape index (κ3) is 1.67. The van der Waals surface area contributed by atoms with Crippen molar-refractivity contribution in [1.82, 2.24) is 0 Å². The van der Waals surface area contributed by atoms with Crippen LogP contribution >= 0.6 is 11.8 Å². The van der Waals surface area contributed by atoms with Gasteiger partial charge in [-0.15, -0.1) is 0 Å². The van der Waals surface area contributed by atoms with Crippen molar-refractivity contribution < 1.29 is 5.11 Å². The molecule has 1 aliphatic rings. The van der Waals surface area contributed by atoms with Crippen LogP contribution in [0.25, 0.3) is 0 Å². The summed E-state index contributed by atoms with van der Waals surface area (Å²) in [7, 11) is 0. The quantitative estimate of drug-likeness (QED) is 0.677. The van der Waals surface area contributed by atoms with Crippen LogP contribution in [0.2, 0.25) is 0 Å². The average molecular weight is 160 g/mol. The average Bonchev–Trinajstić information content (AvgIpc) is 1.76. The highest BCUT2D eigenvalue weighted by molar-refractivity contribution is 8.00. The molecule has 0 aliphatic carbocycles. The highest BCUT2D eigenvalue weighted by atomic mass is 32.2. The zero-order valence-corrected chi connectivity index (χ0v) is 7.53. The van der Waals surface area contributed by atoms with Gasteiger partial charge in [-0.25, -0.2) is 0 Å². The normalized spacial score (nSPS) is 22.8. The lowest BCUT2D eigenvalue weighted by Gasteiger charge is -2.34. The molecule has 0 aromatic rings. The van der Waals surface area contributed by atoms with Gasteiger partial charge in [-0.2, -0.15) is 11.8 Å². The first-order valence-corrected chi connectivity index (χ1v) is 5.09. The van der Waals surface area contributed by atoms with Gasteiger partial charge in [0.2, 0.25) is 0 Å². The summed E-state index contributed by atoms with van der Waals surface area (Å²) >= 11 is 2.00. The van der Waals surface area contributed by atoms with Gasteiger partial charge in [-0.1, -0.05) is 13.8 Å². The fourth-order valence-electron chi connectivity index (χ4n) is 1.41. The Morgan fingerprint density at radius 3 is 2.20 bits per heavy atom. The van der Waals surface area contributed by atoms with E-state index in [2.05, 4.69) is 13.8 Å². The van der Waals surface area contributed by atoms with E-state index in [1.807, 2.05) is 11.8 Å².